The molecular formula is C18H29Na. The van der Waals surface area contributed by atoms with Crippen LogP contribution in [0.5, 0.6) is 0 Å². The Labute approximate surface area is 142 Å². The summed E-state index contributed by atoms with van der Waals surface area (Å²) in [6.45, 7) is 6.83. The van der Waals surface area contributed by atoms with Crippen LogP contribution < -0.4 is 29.6 Å². The number of unbranched alkanes of at least 4 members (excludes halogenated alkanes) is 3. The Hall–Kier alpha value is 0.220. The van der Waals surface area contributed by atoms with Crippen LogP contribution in [-0.2, 0) is 19.3 Å². The maximum Gasteiger partial charge on any atom is 1.00 e. The molecule has 0 saturated carbocycles. The van der Waals surface area contributed by atoms with E-state index in [4.69, 9.17) is 0 Å². The van der Waals surface area contributed by atoms with Crippen LogP contribution in [0.3, 0.4) is 0 Å². The zero-order valence-electron chi connectivity index (χ0n) is 13.5. The fourth-order valence-corrected chi connectivity index (χ4v) is 2.47. The smallest absolute Gasteiger partial charge is 0.180 e. The van der Waals surface area contributed by atoms with Crippen molar-refractivity contribution in [2.75, 3.05) is 0 Å². The van der Waals surface area contributed by atoms with Crippen LogP contribution in [0.1, 0.15) is 76.0 Å². The van der Waals surface area contributed by atoms with E-state index < -0.39 is 0 Å². The molecule has 19 heavy (non-hydrogen) atoms. The molecule has 0 atom stereocenters. The zero-order chi connectivity index (χ0) is 13.2. The summed E-state index contributed by atoms with van der Waals surface area (Å²) in [4.78, 5) is 0. The molecule has 0 spiro atoms. The Balaban J connectivity index is 0.00000324. The van der Waals surface area contributed by atoms with Crippen LogP contribution in [-0.4, -0.2) is 0 Å². The largest absolute Gasteiger partial charge is 1.00 e. The average Bonchev–Trinajstić information content (AvgIpc) is 2.41. The molecule has 1 aromatic carbocycles. The second kappa shape index (κ2) is 12.0. The quantitative estimate of drug-likeness (QED) is 0.477. The predicted octanol–water partition coefficient (Wildman–Crippen LogP) is 2.52. The van der Waals surface area contributed by atoms with E-state index >= 15 is 0 Å². The van der Waals surface area contributed by atoms with Crippen molar-refractivity contribution in [2.24, 2.45) is 0 Å². The maximum atomic E-state index is 3.50. The second-order valence-corrected chi connectivity index (χ2v) is 5.27. The molecule has 102 valence electrons. The third kappa shape index (κ3) is 6.97. The summed E-state index contributed by atoms with van der Waals surface area (Å²) in [6, 6.07) is 7.94. The molecule has 1 rings (SSSR count). The standard InChI is InChI=1S/C18H29.Na/c1-4-7-11-16-13-10-14-17(12-8-5-2)18(16)15-9-6-3;/h10,13H,4-9,11-12,15H2,1-3H3;/q-1;+1. The van der Waals surface area contributed by atoms with Gasteiger partial charge in [0.05, 0.1) is 0 Å². The van der Waals surface area contributed by atoms with Gasteiger partial charge in [0.25, 0.3) is 0 Å². The first kappa shape index (κ1) is 19.2. The molecule has 1 aromatic rings. The van der Waals surface area contributed by atoms with Crippen molar-refractivity contribution in [1.29, 1.82) is 0 Å². The van der Waals surface area contributed by atoms with Gasteiger partial charge in [-0.2, -0.15) is 29.3 Å². The minimum Gasteiger partial charge on any atom is -0.180 e. The van der Waals surface area contributed by atoms with Crippen LogP contribution in [0.4, 0.5) is 0 Å². The topological polar surface area (TPSA) is 0 Å². The zero-order valence-corrected chi connectivity index (χ0v) is 15.5. The number of aryl methyl sites for hydroxylation is 2. The van der Waals surface area contributed by atoms with E-state index in [1.165, 1.54) is 63.4 Å². The van der Waals surface area contributed by atoms with E-state index in [9.17, 15) is 0 Å². The third-order valence-corrected chi connectivity index (χ3v) is 3.65. The van der Waals surface area contributed by atoms with Gasteiger partial charge in [0.1, 0.15) is 0 Å². The molecule has 0 N–H and O–H groups in total. The minimum absolute atomic E-state index is 0. The Kier molecular flexibility index (Phi) is 12.1. The number of benzene rings is 1. The van der Waals surface area contributed by atoms with Gasteiger partial charge in [0, 0.05) is 0 Å². The van der Waals surface area contributed by atoms with Crippen LogP contribution in [0.15, 0.2) is 12.1 Å². The molecular weight excluding hydrogens is 239 g/mol. The summed E-state index contributed by atoms with van der Waals surface area (Å²) in [5, 5.41) is 0. The number of hydrogen-bond acceptors (Lipinski definition) is 0. The molecule has 1 heteroatoms. The van der Waals surface area contributed by atoms with Gasteiger partial charge in [0.2, 0.25) is 0 Å². The Morgan fingerprint density at radius 2 is 1.42 bits per heavy atom. The summed E-state index contributed by atoms with van der Waals surface area (Å²) in [7, 11) is 0. The molecule has 0 aliphatic heterocycles. The van der Waals surface area contributed by atoms with Crippen LogP contribution in [0.25, 0.3) is 0 Å². The Morgan fingerprint density at radius 1 is 0.842 bits per heavy atom. The Morgan fingerprint density at radius 3 is 2.05 bits per heavy atom. The molecule has 0 saturated heterocycles. The van der Waals surface area contributed by atoms with Crippen LogP contribution in [0, 0.1) is 6.07 Å². The summed E-state index contributed by atoms with van der Waals surface area (Å²) < 4.78 is 0. The van der Waals surface area contributed by atoms with Crippen LogP contribution in [0.2, 0.25) is 0 Å². The summed E-state index contributed by atoms with van der Waals surface area (Å²) >= 11 is 0. The van der Waals surface area contributed by atoms with E-state index in [1.54, 1.807) is 11.1 Å². The first-order chi connectivity index (χ1) is 8.83. The molecule has 0 aromatic heterocycles. The van der Waals surface area contributed by atoms with Crippen molar-refractivity contribution in [3.05, 3.63) is 34.9 Å². The SMILES string of the molecule is CCCCc1[c-]ccc(CCCC)c1CCCC.[Na+]. The molecule has 0 heterocycles. The first-order valence-corrected chi connectivity index (χ1v) is 7.84. The van der Waals surface area contributed by atoms with Crippen LogP contribution >= 0.6 is 0 Å². The molecule has 0 bridgehead atoms. The van der Waals surface area contributed by atoms with Gasteiger partial charge in [-0.05, 0) is 0 Å². The van der Waals surface area contributed by atoms with Gasteiger partial charge in [-0.25, -0.2) is 0 Å². The van der Waals surface area contributed by atoms with Gasteiger partial charge in [0.15, 0.2) is 0 Å². The number of hydrogen-bond donors (Lipinski definition) is 0. The van der Waals surface area contributed by atoms with Gasteiger partial charge in [-0.3, -0.25) is 0 Å². The fourth-order valence-electron chi connectivity index (χ4n) is 2.47. The molecule has 0 nitrogen and oxygen atoms in total. The third-order valence-electron chi connectivity index (χ3n) is 3.65. The van der Waals surface area contributed by atoms with Gasteiger partial charge < -0.3 is 0 Å². The normalized spacial score (nSPS) is 10.3. The van der Waals surface area contributed by atoms with E-state index in [2.05, 4.69) is 39.0 Å². The Bertz CT molecular complexity index is 304. The second-order valence-electron chi connectivity index (χ2n) is 5.27. The van der Waals surface area contributed by atoms with E-state index in [0.717, 1.165) is 0 Å². The average molecular weight is 268 g/mol. The van der Waals surface area contributed by atoms with Crippen molar-refractivity contribution in [2.45, 2.75) is 78.6 Å². The molecule has 0 aliphatic rings. The maximum absolute atomic E-state index is 3.50. The summed E-state index contributed by atoms with van der Waals surface area (Å²) in [5.41, 5.74) is 4.72. The molecule has 0 unspecified atom stereocenters. The van der Waals surface area contributed by atoms with Gasteiger partial charge in [-0.1, -0.05) is 78.6 Å². The van der Waals surface area contributed by atoms with Gasteiger partial charge >= 0.3 is 29.6 Å². The predicted molar refractivity (Wildman–Crippen MR) is 81.1 cm³/mol. The fraction of sp³-hybridized carbons (Fsp3) is 0.667. The van der Waals surface area contributed by atoms with Crippen molar-refractivity contribution >= 4 is 0 Å². The molecule has 0 amide bonds. The number of rotatable bonds is 9. The van der Waals surface area contributed by atoms with Crippen molar-refractivity contribution in [3.63, 3.8) is 0 Å². The van der Waals surface area contributed by atoms with E-state index in [0.29, 0.717) is 0 Å². The summed E-state index contributed by atoms with van der Waals surface area (Å²) in [6.07, 6.45) is 11.5. The van der Waals surface area contributed by atoms with Crippen molar-refractivity contribution in [3.8, 4) is 0 Å². The molecule has 0 aliphatic carbocycles. The monoisotopic (exact) mass is 268 g/mol. The first-order valence-electron chi connectivity index (χ1n) is 7.84. The van der Waals surface area contributed by atoms with E-state index in [1.807, 2.05) is 0 Å². The van der Waals surface area contributed by atoms with Gasteiger partial charge in [-0.15, -0.1) is 5.56 Å². The minimum atomic E-state index is 0. The summed E-state index contributed by atoms with van der Waals surface area (Å²) in [5.74, 6) is 0. The molecule has 0 fully saturated rings. The van der Waals surface area contributed by atoms with Crippen molar-refractivity contribution < 1.29 is 29.6 Å². The van der Waals surface area contributed by atoms with E-state index in [-0.39, 0.29) is 29.6 Å². The van der Waals surface area contributed by atoms with Crippen molar-refractivity contribution in [1.82, 2.24) is 0 Å². The molecule has 0 radical (unpaired) electrons.